The van der Waals surface area contributed by atoms with Gasteiger partial charge in [-0.15, -0.1) is 0 Å². The zero-order chi connectivity index (χ0) is 12.3. The van der Waals surface area contributed by atoms with Crippen LogP contribution in [0.5, 0.6) is 0 Å². The number of hydrogen-bond donors (Lipinski definition) is 0. The summed E-state index contributed by atoms with van der Waals surface area (Å²) in [6.45, 7) is 1.36. The molecule has 0 radical (unpaired) electrons. The molecule has 2 rings (SSSR count). The zero-order valence-corrected chi connectivity index (χ0v) is 10.5. The van der Waals surface area contributed by atoms with E-state index < -0.39 is 0 Å². The van der Waals surface area contributed by atoms with Gasteiger partial charge in [0.05, 0.1) is 13.0 Å². The number of nitrogens with zero attached hydrogens (tertiary/aromatic N) is 1. The summed E-state index contributed by atoms with van der Waals surface area (Å²) in [7, 11) is 1.41. The summed E-state index contributed by atoms with van der Waals surface area (Å²) in [5.41, 5.74) is 0. The minimum Gasteiger partial charge on any atom is -0.469 e. The van der Waals surface area contributed by atoms with E-state index >= 15 is 0 Å². The highest BCUT2D eigenvalue weighted by atomic mass is 16.5. The highest BCUT2D eigenvalue weighted by Crippen LogP contribution is 2.30. The first-order chi connectivity index (χ1) is 8.20. The van der Waals surface area contributed by atoms with Crippen LogP contribution in [0.3, 0.4) is 0 Å². The van der Waals surface area contributed by atoms with Crippen LogP contribution in [-0.4, -0.2) is 37.0 Å². The van der Waals surface area contributed by atoms with Crippen LogP contribution in [-0.2, 0) is 14.3 Å². The van der Waals surface area contributed by atoms with Crippen molar-refractivity contribution >= 4 is 11.9 Å². The molecule has 1 aliphatic heterocycles. The van der Waals surface area contributed by atoms with Crippen LogP contribution in [0.4, 0.5) is 0 Å². The lowest BCUT2D eigenvalue weighted by Crippen LogP contribution is -2.43. The van der Waals surface area contributed by atoms with Crippen molar-refractivity contribution in [2.45, 2.75) is 38.5 Å². The average molecular weight is 239 g/mol. The summed E-state index contributed by atoms with van der Waals surface area (Å²) in [5, 5.41) is 0. The number of esters is 1. The second-order valence-corrected chi connectivity index (χ2v) is 5.20. The van der Waals surface area contributed by atoms with Crippen LogP contribution in [0, 0.1) is 11.8 Å². The van der Waals surface area contributed by atoms with Gasteiger partial charge in [-0.3, -0.25) is 9.59 Å². The van der Waals surface area contributed by atoms with Crippen molar-refractivity contribution in [1.29, 1.82) is 0 Å². The molecule has 1 amide bonds. The lowest BCUT2D eigenvalue weighted by Gasteiger charge is -2.33. The molecule has 0 spiro atoms. The van der Waals surface area contributed by atoms with Gasteiger partial charge < -0.3 is 9.64 Å². The number of carbonyl (C=O) groups excluding carboxylic acids is 2. The van der Waals surface area contributed by atoms with E-state index in [0.29, 0.717) is 18.9 Å². The highest BCUT2D eigenvalue weighted by molar-refractivity contribution is 5.78. The number of likely N-dealkylation sites (tertiary alicyclic amines) is 1. The zero-order valence-electron chi connectivity index (χ0n) is 10.5. The van der Waals surface area contributed by atoms with E-state index in [-0.39, 0.29) is 17.8 Å². The topological polar surface area (TPSA) is 46.6 Å². The van der Waals surface area contributed by atoms with Gasteiger partial charge in [0, 0.05) is 19.5 Å². The largest absolute Gasteiger partial charge is 0.469 e. The maximum Gasteiger partial charge on any atom is 0.310 e. The Kier molecular flexibility index (Phi) is 4.02. The Balaban J connectivity index is 1.83. The summed E-state index contributed by atoms with van der Waals surface area (Å²) in [4.78, 5) is 25.3. The lowest BCUT2D eigenvalue weighted by atomic mass is 9.82. The van der Waals surface area contributed by atoms with Gasteiger partial charge >= 0.3 is 5.97 Å². The van der Waals surface area contributed by atoms with E-state index in [9.17, 15) is 9.59 Å². The second kappa shape index (κ2) is 5.52. The summed E-state index contributed by atoms with van der Waals surface area (Å²) < 4.78 is 4.75. The number of amides is 1. The molecule has 0 aromatic carbocycles. The Morgan fingerprint density at radius 3 is 2.59 bits per heavy atom. The fourth-order valence-corrected chi connectivity index (χ4v) is 2.64. The fourth-order valence-electron chi connectivity index (χ4n) is 2.64. The van der Waals surface area contributed by atoms with Gasteiger partial charge in [0.15, 0.2) is 0 Å². The molecular formula is C13H21NO3. The Morgan fingerprint density at radius 2 is 2.00 bits per heavy atom. The van der Waals surface area contributed by atoms with E-state index in [1.54, 1.807) is 0 Å². The third-order valence-corrected chi connectivity index (χ3v) is 4.00. The summed E-state index contributed by atoms with van der Waals surface area (Å²) in [6, 6.07) is 0. The molecule has 2 fully saturated rings. The predicted molar refractivity (Wildman–Crippen MR) is 63.3 cm³/mol. The van der Waals surface area contributed by atoms with E-state index in [4.69, 9.17) is 4.74 Å². The summed E-state index contributed by atoms with van der Waals surface area (Å²) in [6.07, 6.45) is 6.09. The number of piperidine rings is 1. The quantitative estimate of drug-likeness (QED) is 0.703. The molecule has 1 heterocycles. The molecule has 4 heteroatoms. The number of ether oxygens (including phenoxy) is 1. The first kappa shape index (κ1) is 12.4. The molecule has 1 saturated carbocycles. The number of hydrogen-bond acceptors (Lipinski definition) is 3. The Bertz CT molecular complexity index is 299. The van der Waals surface area contributed by atoms with Crippen molar-refractivity contribution in [2.24, 2.45) is 11.8 Å². The monoisotopic (exact) mass is 239 g/mol. The molecule has 0 bridgehead atoms. The predicted octanol–water partition coefficient (Wildman–Crippen LogP) is 1.59. The van der Waals surface area contributed by atoms with Gasteiger partial charge in [-0.25, -0.2) is 0 Å². The Hall–Kier alpha value is -1.06. The van der Waals surface area contributed by atoms with Crippen molar-refractivity contribution in [3.63, 3.8) is 0 Å². The third kappa shape index (κ3) is 2.99. The van der Waals surface area contributed by atoms with Crippen molar-refractivity contribution in [1.82, 2.24) is 4.90 Å². The molecule has 1 unspecified atom stereocenters. The van der Waals surface area contributed by atoms with Gasteiger partial charge in [-0.05, 0) is 31.6 Å². The Labute approximate surface area is 102 Å². The van der Waals surface area contributed by atoms with Gasteiger partial charge in [0.2, 0.25) is 5.91 Å². The standard InChI is InChI=1S/C13H21NO3/c1-17-13(16)11-6-3-7-14(9-11)12(15)8-10-4-2-5-10/h10-11H,2-9H2,1H3. The molecule has 1 aliphatic carbocycles. The molecule has 1 atom stereocenters. The maximum absolute atomic E-state index is 12.0. The molecule has 0 N–H and O–H groups in total. The third-order valence-electron chi connectivity index (χ3n) is 4.00. The van der Waals surface area contributed by atoms with Crippen molar-refractivity contribution < 1.29 is 14.3 Å². The van der Waals surface area contributed by atoms with E-state index in [1.165, 1.54) is 26.4 Å². The van der Waals surface area contributed by atoms with Crippen LogP contribution in [0.15, 0.2) is 0 Å². The fraction of sp³-hybridized carbons (Fsp3) is 0.846. The van der Waals surface area contributed by atoms with E-state index in [0.717, 1.165) is 19.4 Å². The summed E-state index contributed by atoms with van der Waals surface area (Å²) in [5.74, 6) is 0.537. The molecule has 17 heavy (non-hydrogen) atoms. The van der Waals surface area contributed by atoms with Gasteiger partial charge in [0.1, 0.15) is 0 Å². The maximum atomic E-state index is 12.0. The van der Waals surface area contributed by atoms with Crippen LogP contribution in [0.1, 0.15) is 38.5 Å². The molecule has 0 aromatic rings. The highest BCUT2D eigenvalue weighted by Gasteiger charge is 2.30. The van der Waals surface area contributed by atoms with E-state index in [1.807, 2.05) is 4.90 Å². The second-order valence-electron chi connectivity index (χ2n) is 5.20. The van der Waals surface area contributed by atoms with Crippen LogP contribution in [0.2, 0.25) is 0 Å². The van der Waals surface area contributed by atoms with Crippen molar-refractivity contribution in [3.05, 3.63) is 0 Å². The first-order valence-corrected chi connectivity index (χ1v) is 6.56. The van der Waals surface area contributed by atoms with Gasteiger partial charge in [-0.2, -0.15) is 0 Å². The number of methoxy groups -OCH3 is 1. The lowest BCUT2D eigenvalue weighted by molar-refractivity contribution is -0.149. The van der Waals surface area contributed by atoms with Crippen molar-refractivity contribution in [3.8, 4) is 0 Å². The first-order valence-electron chi connectivity index (χ1n) is 6.56. The van der Waals surface area contributed by atoms with Gasteiger partial charge in [-0.1, -0.05) is 6.42 Å². The summed E-state index contributed by atoms with van der Waals surface area (Å²) >= 11 is 0. The van der Waals surface area contributed by atoms with Crippen LogP contribution < -0.4 is 0 Å². The molecule has 0 aromatic heterocycles. The Morgan fingerprint density at radius 1 is 1.24 bits per heavy atom. The minimum atomic E-state index is -0.175. The normalized spacial score (nSPS) is 25.2. The molecular weight excluding hydrogens is 218 g/mol. The molecule has 4 nitrogen and oxygen atoms in total. The molecule has 1 saturated heterocycles. The van der Waals surface area contributed by atoms with Gasteiger partial charge in [0.25, 0.3) is 0 Å². The SMILES string of the molecule is COC(=O)C1CCCN(C(=O)CC2CCC2)C1. The van der Waals surface area contributed by atoms with Crippen LogP contribution in [0.25, 0.3) is 0 Å². The van der Waals surface area contributed by atoms with E-state index in [2.05, 4.69) is 0 Å². The minimum absolute atomic E-state index is 0.112. The number of rotatable bonds is 3. The average Bonchev–Trinajstić information content (AvgIpc) is 2.32. The van der Waals surface area contributed by atoms with Crippen LogP contribution >= 0.6 is 0 Å². The molecule has 2 aliphatic rings. The number of carbonyl (C=O) groups is 2. The van der Waals surface area contributed by atoms with Crippen molar-refractivity contribution in [2.75, 3.05) is 20.2 Å². The molecule has 96 valence electrons. The smallest absolute Gasteiger partial charge is 0.310 e.